The number of aliphatic hydroxyl groups is 1. The lowest BCUT2D eigenvalue weighted by atomic mass is 10.0. The summed E-state index contributed by atoms with van der Waals surface area (Å²) < 4.78 is 4.92. The smallest absolute Gasteiger partial charge is 0.273 e. The zero-order valence-electron chi connectivity index (χ0n) is 7.73. The van der Waals surface area contributed by atoms with E-state index < -0.39 is 6.10 Å². The Labute approximate surface area is 81.4 Å². The molecule has 2 unspecified atom stereocenters. The third-order valence-electron chi connectivity index (χ3n) is 1.88. The van der Waals surface area contributed by atoms with Gasteiger partial charge in [0, 0.05) is 6.20 Å². The summed E-state index contributed by atoms with van der Waals surface area (Å²) >= 11 is 1.35. The molecule has 13 heavy (non-hydrogen) atoms. The predicted octanol–water partition coefficient (Wildman–Crippen LogP) is 0.780. The summed E-state index contributed by atoms with van der Waals surface area (Å²) in [5.41, 5.74) is 5.44. The Balaban J connectivity index is 2.70. The molecule has 0 aliphatic heterocycles. The van der Waals surface area contributed by atoms with Gasteiger partial charge >= 0.3 is 0 Å². The largest absolute Gasteiger partial charge is 0.473 e. The Morgan fingerprint density at radius 3 is 2.92 bits per heavy atom. The van der Waals surface area contributed by atoms with Crippen LogP contribution in [0.1, 0.15) is 17.9 Å². The molecule has 0 saturated carbocycles. The molecular weight excluding hydrogens is 188 g/mol. The van der Waals surface area contributed by atoms with Crippen LogP contribution in [-0.2, 0) is 0 Å². The van der Waals surface area contributed by atoms with Crippen LogP contribution in [0.5, 0.6) is 5.19 Å². The van der Waals surface area contributed by atoms with Gasteiger partial charge in [-0.1, -0.05) is 18.3 Å². The van der Waals surface area contributed by atoms with Crippen molar-refractivity contribution in [1.29, 1.82) is 0 Å². The third-order valence-corrected chi connectivity index (χ3v) is 2.91. The van der Waals surface area contributed by atoms with Gasteiger partial charge in [-0.3, -0.25) is 0 Å². The lowest BCUT2D eigenvalue weighted by Gasteiger charge is -2.14. The first-order valence-corrected chi connectivity index (χ1v) is 4.88. The second kappa shape index (κ2) is 4.55. The minimum absolute atomic E-state index is 0.0464. The lowest BCUT2D eigenvalue weighted by molar-refractivity contribution is 0.125. The molecule has 1 aromatic rings. The van der Waals surface area contributed by atoms with Gasteiger partial charge in [-0.05, 0) is 12.5 Å². The van der Waals surface area contributed by atoms with E-state index in [9.17, 15) is 5.11 Å². The highest BCUT2D eigenvalue weighted by molar-refractivity contribution is 7.13. The van der Waals surface area contributed by atoms with E-state index in [1.807, 2.05) is 6.92 Å². The molecule has 74 valence electrons. The molecule has 5 heteroatoms. The molecule has 0 radical (unpaired) electrons. The van der Waals surface area contributed by atoms with Gasteiger partial charge in [-0.15, -0.1) is 0 Å². The lowest BCUT2D eigenvalue weighted by Crippen LogP contribution is -2.17. The van der Waals surface area contributed by atoms with E-state index in [2.05, 4.69) is 4.98 Å². The van der Waals surface area contributed by atoms with Crippen molar-refractivity contribution >= 4 is 11.3 Å². The molecule has 2 atom stereocenters. The van der Waals surface area contributed by atoms with Gasteiger partial charge in [-0.25, -0.2) is 4.98 Å². The van der Waals surface area contributed by atoms with Crippen LogP contribution in [-0.4, -0.2) is 23.7 Å². The van der Waals surface area contributed by atoms with Crippen LogP contribution in [0.25, 0.3) is 0 Å². The second-order valence-corrected chi connectivity index (χ2v) is 3.92. The highest BCUT2D eigenvalue weighted by Crippen LogP contribution is 2.29. The van der Waals surface area contributed by atoms with Gasteiger partial charge < -0.3 is 15.6 Å². The Morgan fingerprint density at radius 1 is 1.77 bits per heavy atom. The number of hydrogen-bond acceptors (Lipinski definition) is 5. The van der Waals surface area contributed by atoms with Crippen molar-refractivity contribution in [3.8, 4) is 5.19 Å². The standard InChI is InChI=1S/C8H14N2O2S/c1-5(3-9)7(11)6-4-10-8(12-2)13-6/h4-5,7,11H,3,9H2,1-2H3. The number of aliphatic hydroxyl groups excluding tert-OH is 1. The predicted molar refractivity (Wildman–Crippen MR) is 51.8 cm³/mol. The first kappa shape index (κ1) is 10.4. The average Bonchev–Trinajstić information content (AvgIpc) is 2.63. The number of hydrogen-bond donors (Lipinski definition) is 2. The fourth-order valence-corrected chi connectivity index (χ4v) is 1.76. The van der Waals surface area contributed by atoms with Crippen LogP contribution in [0.15, 0.2) is 6.20 Å². The average molecular weight is 202 g/mol. The van der Waals surface area contributed by atoms with E-state index in [1.54, 1.807) is 13.3 Å². The highest BCUT2D eigenvalue weighted by atomic mass is 32.1. The minimum Gasteiger partial charge on any atom is -0.473 e. The van der Waals surface area contributed by atoms with Gasteiger partial charge in [0.15, 0.2) is 0 Å². The first-order chi connectivity index (χ1) is 6.19. The quantitative estimate of drug-likeness (QED) is 0.757. The number of nitrogens with zero attached hydrogens (tertiary/aromatic N) is 1. The van der Waals surface area contributed by atoms with Crippen molar-refractivity contribution in [2.45, 2.75) is 13.0 Å². The van der Waals surface area contributed by atoms with E-state index in [4.69, 9.17) is 10.5 Å². The summed E-state index contributed by atoms with van der Waals surface area (Å²) in [4.78, 5) is 4.77. The number of ether oxygens (including phenoxy) is 1. The van der Waals surface area contributed by atoms with Crippen molar-refractivity contribution in [3.63, 3.8) is 0 Å². The zero-order valence-corrected chi connectivity index (χ0v) is 8.54. The summed E-state index contributed by atoms with van der Waals surface area (Å²) in [5, 5.41) is 10.3. The Hall–Kier alpha value is -0.650. The molecule has 0 aromatic carbocycles. The van der Waals surface area contributed by atoms with Crippen LogP contribution >= 0.6 is 11.3 Å². The number of nitrogens with two attached hydrogens (primary N) is 1. The maximum Gasteiger partial charge on any atom is 0.273 e. The number of aromatic nitrogens is 1. The molecule has 0 bridgehead atoms. The second-order valence-electron chi connectivity index (χ2n) is 2.89. The van der Waals surface area contributed by atoms with E-state index in [1.165, 1.54) is 11.3 Å². The van der Waals surface area contributed by atoms with Crippen molar-refractivity contribution in [2.75, 3.05) is 13.7 Å². The molecule has 1 aromatic heterocycles. The fraction of sp³-hybridized carbons (Fsp3) is 0.625. The van der Waals surface area contributed by atoms with Crippen LogP contribution < -0.4 is 10.5 Å². The minimum atomic E-state index is -0.536. The molecule has 0 aliphatic carbocycles. The molecular formula is C8H14N2O2S. The molecule has 0 fully saturated rings. The van der Waals surface area contributed by atoms with Gasteiger partial charge in [0.25, 0.3) is 5.19 Å². The van der Waals surface area contributed by atoms with Crippen molar-refractivity contribution in [1.82, 2.24) is 4.98 Å². The normalized spacial score (nSPS) is 15.4. The SMILES string of the molecule is COc1ncc(C(O)C(C)CN)s1. The fourth-order valence-electron chi connectivity index (χ4n) is 0.910. The van der Waals surface area contributed by atoms with E-state index in [0.717, 1.165) is 4.88 Å². The van der Waals surface area contributed by atoms with Gasteiger partial charge in [-0.2, -0.15) is 0 Å². The highest BCUT2D eigenvalue weighted by Gasteiger charge is 2.17. The van der Waals surface area contributed by atoms with Crippen LogP contribution in [0.3, 0.4) is 0 Å². The van der Waals surface area contributed by atoms with Crippen LogP contribution in [0.4, 0.5) is 0 Å². The molecule has 1 heterocycles. The molecule has 1 rings (SSSR count). The maximum absolute atomic E-state index is 9.73. The summed E-state index contributed by atoms with van der Waals surface area (Å²) in [7, 11) is 1.56. The van der Waals surface area contributed by atoms with E-state index in [0.29, 0.717) is 11.7 Å². The zero-order chi connectivity index (χ0) is 9.84. The Bertz CT molecular complexity index is 264. The molecule has 0 spiro atoms. The van der Waals surface area contributed by atoms with E-state index in [-0.39, 0.29) is 5.92 Å². The molecule has 0 aliphatic rings. The van der Waals surface area contributed by atoms with Gasteiger partial charge in [0.2, 0.25) is 0 Å². The monoisotopic (exact) mass is 202 g/mol. The molecule has 4 nitrogen and oxygen atoms in total. The molecule has 0 amide bonds. The van der Waals surface area contributed by atoms with Gasteiger partial charge in [0.1, 0.15) is 0 Å². The van der Waals surface area contributed by atoms with Crippen molar-refractivity contribution in [3.05, 3.63) is 11.1 Å². The van der Waals surface area contributed by atoms with Gasteiger partial charge in [0.05, 0.1) is 18.1 Å². The Morgan fingerprint density at radius 2 is 2.46 bits per heavy atom. The Kier molecular flexibility index (Phi) is 3.65. The molecule has 0 saturated heterocycles. The van der Waals surface area contributed by atoms with Crippen molar-refractivity contribution in [2.24, 2.45) is 11.7 Å². The topological polar surface area (TPSA) is 68.4 Å². The number of rotatable bonds is 4. The third kappa shape index (κ3) is 2.40. The maximum atomic E-state index is 9.73. The summed E-state index contributed by atoms with van der Waals surface area (Å²) in [5.74, 6) is 0.0464. The number of thiazole rings is 1. The summed E-state index contributed by atoms with van der Waals surface area (Å²) in [6.45, 7) is 2.36. The summed E-state index contributed by atoms with van der Waals surface area (Å²) in [6.07, 6.45) is 1.09. The summed E-state index contributed by atoms with van der Waals surface area (Å²) in [6, 6.07) is 0. The van der Waals surface area contributed by atoms with Crippen molar-refractivity contribution < 1.29 is 9.84 Å². The molecule has 3 N–H and O–H groups in total. The van der Waals surface area contributed by atoms with Crippen LogP contribution in [0.2, 0.25) is 0 Å². The van der Waals surface area contributed by atoms with Crippen LogP contribution in [0, 0.1) is 5.92 Å². The van der Waals surface area contributed by atoms with E-state index >= 15 is 0 Å². The first-order valence-electron chi connectivity index (χ1n) is 4.07. The number of methoxy groups -OCH3 is 1.